The molecular formula is C27H27F2N7O3. The van der Waals surface area contributed by atoms with Crippen molar-refractivity contribution < 1.29 is 18.3 Å². The summed E-state index contributed by atoms with van der Waals surface area (Å²) in [5.74, 6) is 0.555. The van der Waals surface area contributed by atoms with Crippen molar-refractivity contribution in [1.82, 2.24) is 24.6 Å². The van der Waals surface area contributed by atoms with Gasteiger partial charge in [0.25, 0.3) is 12.0 Å². The molecule has 2 heterocycles. The van der Waals surface area contributed by atoms with Crippen LogP contribution in [0, 0.1) is 11.3 Å². The lowest BCUT2D eigenvalue weighted by Crippen LogP contribution is -2.39. The van der Waals surface area contributed by atoms with Gasteiger partial charge in [0.05, 0.1) is 46.7 Å². The van der Waals surface area contributed by atoms with Crippen LogP contribution in [0.25, 0.3) is 21.8 Å². The fourth-order valence-corrected chi connectivity index (χ4v) is 4.63. The number of rotatable bonds is 11. The topological polar surface area (TPSA) is 129 Å². The Hall–Kier alpha value is -4.53. The van der Waals surface area contributed by atoms with Crippen molar-refractivity contribution in [1.29, 1.82) is 5.26 Å². The minimum absolute atomic E-state index is 0.106. The summed E-state index contributed by atoms with van der Waals surface area (Å²) in [6.07, 6.45) is -0.377. The molecule has 10 nitrogen and oxygen atoms in total. The highest BCUT2D eigenvalue weighted by molar-refractivity contribution is 5.85. The predicted molar refractivity (Wildman–Crippen MR) is 141 cm³/mol. The number of anilines is 1. The molecule has 1 aliphatic rings. The second-order valence-corrected chi connectivity index (χ2v) is 9.36. The molecule has 2 aromatic heterocycles. The number of nitrogens with one attached hydrogen (secondary N) is 2. The Morgan fingerprint density at radius 2 is 2.08 bits per heavy atom. The van der Waals surface area contributed by atoms with Crippen molar-refractivity contribution in [2.45, 2.75) is 44.7 Å². The third kappa shape index (κ3) is 5.67. The number of carbonyl (C=O) groups is 1. The summed E-state index contributed by atoms with van der Waals surface area (Å²) in [6, 6.07) is 12.5. The average Bonchev–Trinajstić information content (AvgIpc) is 3.69. The number of hydrogen-bond donors (Lipinski definition) is 2. The van der Waals surface area contributed by atoms with E-state index in [-0.39, 0.29) is 42.6 Å². The standard InChI is InChI=1S/C27H27F2N7O3/c1-31-22-11-20-21(12-23(22)39-15-24(28)29)33-25(32-20)13-19-17-5-2-3-6-18(17)27(38)36(34-19)14-26(37)35(10-4-9-30)16-7-8-16/h2-3,5-6,11-12,16,24,31H,4,7-8,10,13-15H2,1H3,(H,32,33). The molecule has 39 heavy (non-hydrogen) atoms. The molecule has 1 amide bonds. The summed E-state index contributed by atoms with van der Waals surface area (Å²) in [4.78, 5) is 35.8. The molecule has 0 atom stereocenters. The minimum Gasteiger partial charge on any atom is -0.485 e. The van der Waals surface area contributed by atoms with Gasteiger partial charge in [-0.25, -0.2) is 18.4 Å². The Morgan fingerprint density at radius 1 is 1.31 bits per heavy atom. The van der Waals surface area contributed by atoms with Crippen LogP contribution in [0.5, 0.6) is 5.75 Å². The van der Waals surface area contributed by atoms with E-state index in [1.807, 2.05) is 6.07 Å². The van der Waals surface area contributed by atoms with E-state index in [4.69, 9.17) is 10.00 Å². The van der Waals surface area contributed by atoms with Crippen LogP contribution in [0.3, 0.4) is 0 Å². The number of nitriles is 1. The van der Waals surface area contributed by atoms with Crippen LogP contribution in [0.2, 0.25) is 0 Å². The number of benzene rings is 2. The van der Waals surface area contributed by atoms with E-state index in [0.29, 0.717) is 45.6 Å². The van der Waals surface area contributed by atoms with Gasteiger partial charge < -0.3 is 19.9 Å². The summed E-state index contributed by atoms with van der Waals surface area (Å²) < 4.78 is 31.8. The Labute approximate surface area is 222 Å². The number of aromatic nitrogens is 4. The first kappa shape index (κ1) is 26.1. The number of ether oxygens (including phenoxy) is 1. The number of imidazole rings is 1. The van der Waals surface area contributed by atoms with Gasteiger partial charge in [0.2, 0.25) is 5.91 Å². The molecule has 1 aliphatic carbocycles. The fourth-order valence-electron chi connectivity index (χ4n) is 4.63. The minimum atomic E-state index is -2.61. The Morgan fingerprint density at radius 3 is 2.77 bits per heavy atom. The lowest BCUT2D eigenvalue weighted by atomic mass is 10.1. The van der Waals surface area contributed by atoms with E-state index >= 15 is 0 Å². The summed E-state index contributed by atoms with van der Waals surface area (Å²) >= 11 is 0. The number of nitrogens with zero attached hydrogens (tertiary/aromatic N) is 5. The van der Waals surface area contributed by atoms with Gasteiger partial charge in [-0.2, -0.15) is 10.4 Å². The maximum absolute atomic E-state index is 13.2. The van der Waals surface area contributed by atoms with Gasteiger partial charge >= 0.3 is 0 Å². The number of fused-ring (bicyclic) bond motifs is 2. The first-order valence-corrected chi connectivity index (χ1v) is 12.6. The number of aromatic amines is 1. The quantitative estimate of drug-likeness (QED) is 0.301. The normalized spacial score (nSPS) is 13.1. The molecule has 2 N–H and O–H groups in total. The van der Waals surface area contributed by atoms with Crippen LogP contribution in [0.4, 0.5) is 14.5 Å². The van der Waals surface area contributed by atoms with E-state index < -0.39 is 13.0 Å². The molecule has 0 unspecified atom stereocenters. The third-order valence-electron chi connectivity index (χ3n) is 6.60. The Bertz CT molecular complexity index is 1620. The number of alkyl halides is 2. The van der Waals surface area contributed by atoms with Crippen molar-refractivity contribution in [3.8, 4) is 11.8 Å². The predicted octanol–water partition coefficient (Wildman–Crippen LogP) is 3.45. The van der Waals surface area contributed by atoms with Crippen molar-refractivity contribution in [2.75, 3.05) is 25.5 Å². The van der Waals surface area contributed by atoms with E-state index in [2.05, 4.69) is 26.5 Å². The number of amides is 1. The summed E-state index contributed by atoms with van der Waals surface area (Å²) in [5.41, 5.74) is 1.91. The molecule has 0 saturated heterocycles. The number of H-pyrrole nitrogens is 1. The van der Waals surface area contributed by atoms with E-state index in [1.165, 1.54) is 4.68 Å². The van der Waals surface area contributed by atoms with Gasteiger partial charge in [0.15, 0.2) is 0 Å². The second kappa shape index (κ2) is 11.1. The molecule has 0 spiro atoms. The van der Waals surface area contributed by atoms with Gasteiger partial charge in [-0.3, -0.25) is 9.59 Å². The maximum Gasteiger partial charge on any atom is 0.275 e. The lowest BCUT2D eigenvalue weighted by Gasteiger charge is -2.21. The maximum atomic E-state index is 13.2. The molecule has 0 aliphatic heterocycles. The van der Waals surface area contributed by atoms with Crippen LogP contribution in [-0.4, -0.2) is 63.2 Å². The molecule has 1 fully saturated rings. The number of carbonyl (C=O) groups excluding carboxylic acids is 1. The smallest absolute Gasteiger partial charge is 0.275 e. The van der Waals surface area contributed by atoms with Crippen LogP contribution >= 0.6 is 0 Å². The molecule has 12 heteroatoms. The van der Waals surface area contributed by atoms with E-state index in [9.17, 15) is 18.4 Å². The van der Waals surface area contributed by atoms with Gasteiger partial charge in [0, 0.05) is 31.1 Å². The first-order chi connectivity index (χ1) is 18.9. The number of hydrogen-bond acceptors (Lipinski definition) is 7. The monoisotopic (exact) mass is 535 g/mol. The van der Waals surface area contributed by atoms with Gasteiger partial charge in [-0.15, -0.1) is 0 Å². The van der Waals surface area contributed by atoms with Crippen LogP contribution in [-0.2, 0) is 17.8 Å². The highest BCUT2D eigenvalue weighted by atomic mass is 19.3. The van der Waals surface area contributed by atoms with Gasteiger partial charge in [-0.1, -0.05) is 18.2 Å². The van der Waals surface area contributed by atoms with Crippen molar-refractivity contribution in [2.24, 2.45) is 0 Å². The number of halogens is 2. The highest BCUT2D eigenvalue weighted by Crippen LogP contribution is 2.30. The molecule has 1 saturated carbocycles. The Kier molecular flexibility index (Phi) is 7.40. The zero-order chi connectivity index (χ0) is 27.5. The summed E-state index contributed by atoms with van der Waals surface area (Å²) in [7, 11) is 1.67. The lowest BCUT2D eigenvalue weighted by molar-refractivity contribution is -0.132. The van der Waals surface area contributed by atoms with Crippen LogP contribution in [0.1, 0.15) is 30.8 Å². The molecule has 202 valence electrons. The average molecular weight is 536 g/mol. The van der Waals surface area contributed by atoms with Gasteiger partial charge in [-0.05, 0) is 25.0 Å². The zero-order valence-corrected chi connectivity index (χ0v) is 21.3. The molecule has 4 aromatic rings. The summed E-state index contributed by atoms with van der Waals surface area (Å²) in [6.45, 7) is -0.636. The zero-order valence-electron chi connectivity index (χ0n) is 21.3. The van der Waals surface area contributed by atoms with E-state index in [0.717, 1.165) is 12.8 Å². The van der Waals surface area contributed by atoms with Crippen LogP contribution in [0.15, 0.2) is 41.2 Å². The first-order valence-electron chi connectivity index (χ1n) is 12.6. The summed E-state index contributed by atoms with van der Waals surface area (Å²) in [5, 5.41) is 17.5. The largest absolute Gasteiger partial charge is 0.485 e. The van der Waals surface area contributed by atoms with E-state index in [1.54, 1.807) is 42.3 Å². The molecule has 0 radical (unpaired) electrons. The molecule has 0 bridgehead atoms. The highest BCUT2D eigenvalue weighted by Gasteiger charge is 2.32. The molecule has 5 rings (SSSR count). The van der Waals surface area contributed by atoms with Gasteiger partial charge in [0.1, 0.15) is 24.7 Å². The third-order valence-corrected chi connectivity index (χ3v) is 6.60. The van der Waals surface area contributed by atoms with Crippen LogP contribution < -0.4 is 15.6 Å². The SMILES string of the molecule is CNc1cc2[nH]c(Cc3nn(CC(=O)N(CCC#N)C4CC4)c(=O)c4ccccc34)nc2cc1OCC(F)F. The second-order valence-electron chi connectivity index (χ2n) is 9.36. The molecular weight excluding hydrogens is 508 g/mol. The molecule has 2 aromatic carbocycles. The Balaban J connectivity index is 1.47. The van der Waals surface area contributed by atoms with Crippen molar-refractivity contribution >= 4 is 33.4 Å². The fraction of sp³-hybridized carbons (Fsp3) is 0.370. The van der Waals surface area contributed by atoms with Crippen molar-refractivity contribution in [3.05, 3.63) is 58.3 Å². The van der Waals surface area contributed by atoms with Crippen molar-refractivity contribution in [3.63, 3.8) is 0 Å².